The third-order valence-corrected chi connectivity index (χ3v) is 6.88. The minimum atomic E-state index is -3.84. The molecule has 0 spiro atoms. The molecule has 0 radical (unpaired) electrons. The van der Waals surface area contributed by atoms with Crippen molar-refractivity contribution in [2.45, 2.75) is 24.5 Å². The molecule has 32 heavy (non-hydrogen) atoms. The van der Waals surface area contributed by atoms with Crippen molar-refractivity contribution in [1.82, 2.24) is 4.98 Å². The third-order valence-electron chi connectivity index (χ3n) is 4.39. The lowest BCUT2D eigenvalue weighted by Gasteiger charge is -2.13. The van der Waals surface area contributed by atoms with Crippen LogP contribution in [0.15, 0.2) is 71.8 Å². The number of hydrogen-bond donors (Lipinski definition) is 2. The average molecular weight is 472 g/mol. The van der Waals surface area contributed by atoms with Crippen LogP contribution in [0.25, 0.3) is 0 Å². The zero-order chi connectivity index (χ0) is 23.0. The van der Waals surface area contributed by atoms with Gasteiger partial charge in [0.15, 0.2) is 0 Å². The Morgan fingerprint density at radius 3 is 2.50 bits per heavy atom. The van der Waals surface area contributed by atoms with Gasteiger partial charge in [-0.1, -0.05) is 12.1 Å². The van der Waals surface area contributed by atoms with E-state index in [9.17, 15) is 13.2 Å². The summed E-state index contributed by atoms with van der Waals surface area (Å²) >= 11 is 1.44. The molecule has 0 saturated heterocycles. The predicted octanol–water partition coefficient (Wildman–Crippen LogP) is 4.46. The molecule has 0 bridgehead atoms. The summed E-state index contributed by atoms with van der Waals surface area (Å²) in [6.45, 7) is 4.12. The molecule has 2 N–H and O–H groups in total. The Balaban J connectivity index is 1.64. The molecule has 3 aromatic rings. The molecule has 0 saturated carbocycles. The van der Waals surface area contributed by atoms with Crippen LogP contribution >= 0.6 is 11.8 Å². The van der Waals surface area contributed by atoms with E-state index < -0.39 is 10.0 Å². The van der Waals surface area contributed by atoms with Crippen LogP contribution in [0.3, 0.4) is 0 Å². The van der Waals surface area contributed by atoms with Crippen molar-refractivity contribution in [2.75, 3.05) is 22.4 Å². The van der Waals surface area contributed by atoms with E-state index in [-0.39, 0.29) is 16.6 Å². The summed E-state index contributed by atoms with van der Waals surface area (Å²) in [6.07, 6.45) is 1.71. The van der Waals surface area contributed by atoms with Crippen LogP contribution in [-0.2, 0) is 20.6 Å². The Hall–Kier alpha value is -3.04. The highest BCUT2D eigenvalue weighted by molar-refractivity contribution is 7.99. The van der Waals surface area contributed by atoms with Gasteiger partial charge in [-0.2, -0.15) is 0 Å². The number of sulfonamides is 1. The van der Waals surface area contributed by atoms with Gasteiger partial charge in [0.25, 0.3) is 10.0 Å². The molecule has 1 aromatic heterocycles. The highest BCUT2D eigenvalue weighted by Gasteiger charge is 2.18. The number of nitrogens with one attached hydrogen (secondary N) is 2. The van der Waals surface area contributed by atoms with Crippen molar-refractivity contribution < 1.29 is 17.9 Å². The Kier molecular flexibility index (Phi) is 8.13. The number of aryl methyl sites for hydroxylation is 1. The van der Waals surface area contributed by atoms with Gasteiger partial charge in [-0.15, -0.1) is 11.8 Å². The fraction of sp³-hybridized carbons (Fsp3) is 0.217. The molecule has 9 heteroatoms. The van der Waals surface area contributed by atoms with Crippen molar-refractivity contribution in [3.8, 4) is 5.75 Å². The lowest BCUT2D eigenvalue weighted by Crippen LogP contribution is -2.17. The Bertz CT molecular complexity index is 1150. The molecule has 0 atom stereocenters. The van der Waals surface area contributed by atoms with Crippen LogP contribution in [0.5, 0.6) is 5.75 Å². The number of amides is 1. The second kappa shape index (κ2) is 11.0. The third kappa shape index (κ3) is 6.73. The van der Waals surface area contributed by atoms with Crippen LogP contribution in [0.2, 0.25) is 0 Å². The molecule has 0 fully saturated rings. The number of pyridine rings is 1. The first-order chi connectivity index (χ1) is 15.4. The predicted molar refractivity (Wildman–Crippen MR) is 129 cm³/mol. The van der Waals surface area contributed by atoms with Crippen molar-refractivity contribution in [3.63, 3.8) is 0 Å². The summed E-state index contributed by atoms with van der Waals surface area (Å²) in [6, 6.07) is 17.2. The summed E-state index contributed by atoms with van der Waals surface area (Å²) in [5.41, 5.74) is 2.32. The van der Waals surface area contributed by atoms with E-state index >= 15 is 0 Å². The molecule has 168 valence electrons. The summed E-state index contributed by atoms with van der Waals surface area (Å²) in [4.78, 5) is 16.6. The van der Waals surface area contributed by atoms with Gasteiger partial charge in [0.1, 0.15) is 5.75 Å². The van der Waals surface area contributed by atoms with E-state index in [1.165, 1.54) is 17.8 Å². The largest absolute Gasteiger partial charge is 0.494 e. The van der Waals surface area contributed by atoms with Crippen molar-refractivity contribution in [2.24, 2.45) is 0 Å². The second-order valence-electron chi connectivity index (χ2n) is 6.91. The molecular weight excluding hydrogens is 446 g/mol. The Labute approximate surface area is 192 Å². The van der Waals surface area contributed by atoms with Crippen molar-refractivity contribution in [3.05, 3.63) is 78.1 Å². The van der Waals surface area contributed by atoms with E-state index in [4.69, 9.17) is 4.74 Å². The zero-order valence-electron chi connectivity index (χ0n) is 17.9. The Morgan fingerprint density at radius 1 is 1.06 bits per heavy atom. The van der Waals surface area contributed by atoms with Crippen LogP contribution in [-0.4, -0.2) is 31.7 Å². The Morgan fingerprint density at radius 2 is 1.81 bits per heavy atom. The zero-order valence-corrected chi connectivity index (χ0v) is 19.5. The van der Waals surface area contributed by atoms with E-state index in [0.29, 0.717) is 35.0 Å². The number of hydrogen-bond acceptors (Lipinski definition) is 6. The first kappa shape index (κ1) is 23.6. The number of anilines is 2. The molecular formula is C23H25N3O4S2. The normalized spacial score (nSPS) is 11.1. The lowest BCUT2D eigenvalue weighted by molar-refractivity contribution is -0.113. The van der Waals surface area contributed by atoms with E-state index in [1.807, 2.05) is 25.1 Å². The molecule has 7 nitrogen and oxygen atoms in total. The SMILES string of the molecule is CCOc1ccc(NS(=O)(=O)c2cc(NC(=O)CSCc3ccccn3)ccc2C)cc1. The number of thioether (sulfide) groups is 1. The van der Waals surface area contributed by atoms with E-state index in [2.05, 4.69) is 15.0 Å². The molecule has 3 rings (SSSR count). The average Bonchev–Trinajstić information content (AvgIpc) is 2.77. The van der Waals surface area contributed by atoms with Crippen molar-refractivity contribution >= 4 is 39.1 Å². The van der Waals surface area contributed by atoms with Crippen LogP contribution in [0.4, 0.5) is 11.4 Å². The minimum absolute atomic E-state index is 0.102. The van der Waals surface area contributed by atoms with Gasteiger partial charge in [-0.3, -0.25) is 14.5 Å². The maximum atomic E-state index is 12.9. The van der Waals surface area contributed by atoms with Gasteiger partial charge in [0.05, 0.1) is 22.9 Å². The number of nitrogens with zero attached hydrogens (tertiary/aromatic N) is 1. The number of carbonyl (C=O) groups excluding carboxylic acids is 1. The molecule has 2 aromatic carbocycles. The quantitative estimate of drug-likeness (QED) is 0.453. The second-order valence-corrected chi connectivity index (χ2v) is 9.54. The molecule has 0 unspecified atom stereocenters. The summed E-state index contributed by atoms with van der Waals surface area (Å²) in [5, 5.41) is 2.76. The number of aromatic nitrogens is 1. The lowest BCUT2D eigenvalue weighted by atomic mass is 10.2. The van der Waals surface area contributed by atoms with Gasteiger partial charge < -0.3 is 10.1 Å². The smallest absolute Gasteiger partial charge is 0.262 e. The van der Waals surface area contributed by atoms with Crippen LogP contribution < -0.4 is 14.8 Å². The highest BCUT2D eigenvalue weighted by atomic mass is 32.2. The molecule has 0 aliphatic heterocycles. The topological polar surface area (TPSA) is 97.4 Å². The number of carbonyl (C=O) groups is 1. The van der Waals surface area contributed by atoms with Crippen LogP contribution in [0, 0.1) is 6.92 Å². The minimum Gasteiger partial charge on any atom is -0.494 e. The maximum absolute atomic E-state index is 12.9. The van der Waals surface area contributed by atoms with Crippen LogP contribution in [0.1, 0.15) is 18.2 Å². The number of ether oxygens (including phenoxy) is 1. The molecule has 0 aliphatic carbocycles. The molecule has 1 heterocycles. The van der Waals surface area contributed by atoms with Gasteiger partial charge in [-0.05, 0) is 67.9 Å². The fourth-order valence-electron chi connectivity index (χ4n) is 2.89. The van der Waals surface area contributed by atoms with Crippen molar-refractivity contribution in [1.29, 1.82) is 0 Å². The molecule has 1 amide bonds. The maximum Gasteiger partial charge on any atom is 0.262 e. The highest BCUT2D eigenvalue weighted by Crippen LogP contribution is 2.24. The summed E-state index contributed by atoms with van der Waals surface area (Å²) in [5.74, 6) is 1.31. The fourth-order valence-corrected chi connectivity index (χ4v) is 4.96. The summed E-state index contributed by atoms with van der Waals surface area (Å²) < 4.78 is 33.8. The number of rotatable bonds is 10. The standard InChI is InChI=1S/C23H25N3O4S2/c1-3-30-21-11-9-18(10-12-21)26-32(28,29)22-14-19(8-7-17(22)2)25-23(27)16-31-15-20-6-4-5-13-24-20/h4-14,26H,3,15-16H2,1-2H3,(H,25,27). The first-order valence-corrected chi connectivity index (χ1v) is 12.6. The first-order valence-electron chi connectivity index (χ1n) is 10.0. The molecule has 0 aliphatic rings. The van der Waals surface area contributed by atoms with Gasteiger partial charge in [0, 0.05) is 23.3 Å². The monoisotopic (exact) mass is 471 g/mol. The van der Waals surface area contributed by atoms with Gasteiger partial charge in [0.2, 0.25) is 5.91 Å². The van der Waals surface area contributed by atoms with E-state index in [0.717, 1.165) is 5.69 Å². The van der Waals surface area contributed by atoms with Gasteiger partial charge >= 0.3 is 0 Å². The van der Waals surface area contributed by atoms with Gasteiger partial charge in [-0.25, -0.2) is 8.42 Å². The summed E-state index contributed by atoms with van der Waals surface area (Å²) in [7, 11) is -3.84. The number of benzene rings is 2. The van der Waals surface area contributed by atoms with E-state index in [1.54, 1.807) is 49.5 Å².